The number of nitrogens with one attached hydrogen (secondary N) is 1. The zero-order chi connectivity index (χ0) is 10.6. The summed E-state index contributed by atoms with van der Waals surface area (Å²) in [5.74, 6) is 0.0755. The van der Waals surface area contributed by atoms with Gasteiger partial charge in [-0.3, -0.25) is 4.79 Å². The van der Waals surface area contributed by atoms with Crippen molar-refractivity contribution in [3.63, 3.8) is 0 Å². The van der Waals surface area contributed by atoms with E-state index in [2.05, 4.69) is 15.0 Å². The van der Waals surface area contributed by atoms with Crippen molar-refractivity contribution in [2.45, 2.75) is 0 Å². The summed E-state index contributed by atoms with van der Waals surface area (Å²) in [5, 5.41) is 0. The lowest BCUT2D eigenvalue weighted by molar-refractivity contribution is 0.101. The van der Waals surface area contributed by atoms with Crippen molar-refractivity contribution in [1.29, 1.82) is 0 Å². The highest BCUT2D eigenvalue weighted by Crippen LogP contribution is 2.13. The quantitative estimate of drug-likeness (QED) is 0.353. The van der Waals surface area contributed by atoms with Gasteiger partial charge in [-0.1, -0.05) is 0 Å². The number of Topliss-reactive ketones (excluding diaryl/α,β-unsaturated/α-hetero) is 1. The molecule has 5 nitrogen and oxygen atoms in total. The second kappa shape index (κ2) is 4.76. The summed E-state index contributed by atoms with van der Waals surface area (Å²) in [7, 11) is 3.67. The summed E-state index contributed by atoms with van der Waals surface area (Å²) < 4.78 is 0. The molecule has 0 bridgehead atoms. The first-order valence-electron chi connectivity index (χ1n) is 3.98. The molecule has 1 rings (SSSR count). The summed E-state index contributed by atoms with van der Waals surface area (Å²) >= 11 is 5.42. The maximum absolute atomic E-state index is 11.2. The number of alkyl halides is 1. The fraction of sp³-hybridized carbons (Fsp3) is 0.375. The lowest BCUT2D eigenvalue weighted by Gasteiger charge is -2.01. The minimum Gasteiger partial charge on any atom is -0.369 e. The van der Waals surface area contributed by atoms with E-state index in [1.165, 1.54) is 6.33 Å². The lowest BCUT2D eigenvalue weighted by Crippen LogP contribution is -2.07. The van der Waals surface area contributed by atoms with Crippen LogP contribution in [0.1, 0.15) is 10.5 Å². The van der Waals surface area contributed by atoms with Crippen LogP contribution < -0.4 is 0 Å². The van der Waals surface area contributed by atoms with Gasteiger partial charge in [-0.15, -0.1) is 11.6 Å². The number of carbonyl (C=O) groups excluding carboxylic acids is 1. The molecule has 1 N–H and O–H groups in total. The van der Waals surface area contributed by atoms with E-state index in [0.717, 1.165) is 0 Å². The van der Waals surface area contributed by atoms with Gasteiger partial charge in [-0.05, 0) is 0 Å². The molecule has 0 aromatic carbocycles. The van der Waals surface area contributed by atoms with Gasteiger partial charge in [-0.2, -0.15) is 0 Å². The molecular formula is C8H11ClN4O. The van der Waals surface area contributed by atoms with Crippen LogP contribution in [0, 0.1) is 0 Å². The molecule has 1 heterocycles. The van der Waals surface area contributed by atoms with Crippen molar-refractivity contribution < 1.29 is 4.79 Å². The molecule has 0 saturated heterocycles. The van der Waals surface area contributed by atoms with Gasteiger partial charge in [0.1, 0.15) is 5.69 Å². The Morgan fingerprint density at radius 2 is 2.50 bits per heavy atom. The summed E-state index contributed by atoms with van der Waals surface area (Å²) in [5.41, 5.74) is 0.345. The molecule has 6 heteroatoms. The van der Waals surface area contributed by atoms with Crippen LogP contribution in [0.25, 0.3) is 0 Å². The molecule has 0 spiro atoms. The van der Waals surface area contributed by atoms with Gasteiger partial charge in [0, 0.05) is 14.1 Å². The third-order valence-electron chi connectivity index (χ3n) is 1.43. The number of carbonyl (C=O) groups is 1. The number of imidazole rings is 1. The van der Waals surface area contributed by atoms with Crippen molar-refractivity contribution in [1.82, 2.24) is 14.9 Å². The first-order valence-corrected chi connectivity index (χ1v) is 4.51. The summed E-state index contributed by atoms with van der Waals surface area (Å²) in [6.45, 7) is 0. The Hall–Kier alpha value is -1.36. The van der Waals surface area contributed by atoms with Crippen LogP contribution in [-0.2, 0) is 0 Å². The van der Waals surface area contributed by atoms with Gasteiger partial charge in [0.15, 0.2) is 11.6 Å². The number of H-pyrrole nitrogens is 1. The number of aromatic amines is 1. The highest BCUT2D eigenvalue weighted by atomic mass is 35.5. The second-order valence-electron chi connectivity index (χ2n) is 2.87. The zero-order valence-corrected chi connectivity index (χ0v) is 8.75. The largest absolute Gasteiger partial charge is 0.369 e. The van der Waals surface area contributed by atoms with Gasteiger partial charge < -0.3 is 9.88 Å². The first-order chi connectivity index (χ1) is 6.65. The lowest BCUT2D eigenvalue weighted by atomic mass is 10.3. The Kier molecular flexibility index (Phi) is 3.64. The standard InChI is InChI=1S/C8H11ClN4O/c1-13(2)5-12-8-7(6(14)3-9)10-4-11-8/h4-5H,3H2,1-2H3,(H,10,11). The molecule has 0 amide bonds. The summed E-state index contributed by atoms with van der Waals surface area (Å²) in [4.78, 5) is 23.6. The number of nitrogens with zero attached hydrogens (tertiary/aromatic N) is 3. The molecule has 0 fully saturated rings. The molecule has 76 valence electrons. The summed E-state index contributed by atoms with van der Waals surface area (Å²) in [6.07, 6.45) is 2.99. The number of halogens is 1. The molecule has 1 aromatic rings. The second-order valence-corrected chi connectivity index (χ2v) is 3.13. The van der Waals surface area contributed by atoms with E-state index >= 15 is 0 Å². The van der Waals surface area contributed by atoms with Gasteiger partial charge in [-0.25, -0.2) is 9.98 Å². The molecule has 0 aliphatic carbocycles. The molecular weight excluding hydrogens is 204 g/mol. The van der Waals surface area contributed by atoms with Gasteiger partial charge in [0.05, 0.1) is 18.5 Å². The zero-order valence-electron chi connectivity index (χ0n) is 7.99. The van der Waals surface area contributed by atoms with E-state index < -0.39 is 0 Å². The van der Waals surface area contributed by atoms with E-state index in [1.807, 2.05) is 14.1 Å². The number of aromatic nitrogens is 2. The van der Waals surface area contributed by atoms with Crippen LogP contribution in [-0.4, -0.2) is 47.0 Å². The van der Waals surface area contributed by atoms with Crippen LogP contribution in [0.15, 0.2) is 11.3 Å². The maximum Gasteiger partial charge on any atom is 0.197 e. The molecule has 0 unspecified atom stereocenters. The molecule has 0 atom stereocenters. The average molecular weight is 215 g/mol. The van der Waals surface area contributed by atoms with Crippen molar-refractivity contribution in [2.75, 3.05) is 20.0 Å². The van der Waals surface area contributed by atoms with Crippen molar-refractivity contribution >= 4 is 29.5 Å². The minimum absolute atomic E-state index is 0.0767. The Balaban J connectivity index is 2.88. The first kappa shape index (κ1) is 10.7. The fourth-order valence-electron chi connectivity index (χ4n) is 0.827. The van der Waals surface area contributed by atoms with E-state index in [4.69, 9.17) is 11.6 Å². The van der Waals surface area contributed by atoms with E-state index in [0.29, 0.717) is 11.5 Å². The van der Waals surface area contributed by atoms with Crippen molar-refractivity contribution in [3.05, 3.63) is 12.0 Å². The van der Waals surface area contributed by atoms with E-state index in [1.54, 1.807) is 11.2 Å². The Bertz CT molecular complexity index is 345. The van der Waals surface area contributed by atoms with Gasteiger partial charge in [0.25, 0.3) is 0 Å². The van der Waals surface area contributed by atoms with Crippen molar-refractivity contribution in [2.24, 2.45) is 4.99 Å². The number of hydrogen-bond donors (Lipinski definition) is 1. The molecule has 0 aliphatic rings. The third-order valence-corrected chi connectivity index (χ3v) is 1.67. The SMILES string of the molecule is CN(C)C=Nc1nc[nH]c1C(=O)CCl. The van der Waals surface area contributed by atoms with E-state index in [9.17, 15) is 4.79 Å². The summed E-state index contributed by atoms with van der Waals surface area (Å²) in [6, 6.07) is 0. The predicted molar refractivity (Wildman–Crippen MR) is 55.5 cm³/mol. The van der Waals surface area contributed by atoms with Crippen LogP contribution in [0.5, 0.6) is 0 Å². The minimum atomic E-state index is -0.213. The molecule has 0 radical (unpaired) electrons. The normalized spacial score (nSPS) is 10.8. The molecule has 0 aliphatic heterocycles. The number of rotatable bonds is 4. The Morgan fingerprint density at radius 1 is 1.79 bits per heavy atom. The van der Waals surface area contributed by atoms with Crippen LogP contribution in [0.4, 0.5) is 5.82 Å². The number of aliphatic imine (C=N–C) groups is 1. The van der Waals surface area contributed by atoms with Gasteiger partial charge in [0.2, 0.25) is 0 Å². The molecule has 0 saturated carbocycles. The Labute approximate surface area is 86.8 Å². The number of ketones is 1. The van der Waals surface area contributed by atoms with Gasteiger partial charge >= 0.3 is 0 Å². The monoisotopic (exact) mass is 214 g/mol. The molecule has 14 heavy (non-hydrogen) atoms. The van der Waals surface area contributed by atoms with E-state index in [-0.39, 0.29) is 11.7 Å². The smallest absolute Gasteiger partial charge is 0.197 e. The predicted octanol–water partition coefficient (Wildman–Crippen LogP) is 1.05. The highest BCUT2D eigenvalue weighted by Gasteiger charge is 2.11. The topological polar surface area (TPSA) is 61.4 Å². The van der Waals surface area contributed by atoms with Crippen molar-refractivity contribution in [3.8, 4) is 0 Å². The van der Waals surface area contributed by atoms with Crippen LogP contribution in [0.3, 0.4) is 0 Å². The van der Waals surface area contributed by atoms with Crippen LogP contribution in [0.2, 0.25) is 0 Å². The molecule has 1 aromatic heterocycles. The maximum atomic E-state index is 11.2. The van der Waals surface area contributed by atoms with Crippen LogP contribution >= 0.6 is 11.6 Å². The Morgan fingerprint density at radius 3 is 3.07 bits per heavy atom. The fourth-order valence-corrected chi connectivity index (χ4v) is 0.961. The average Bonchev–Trinajstić information content (AvgIpc) is 2.61. The highest BCUT2D eigenvalue weighted by molar-refractivity contribution is 6.30. The number of hydrogen-bond acceptors (Lipinski definition) is 3. The third kappa shape index (κ3) is 2.56.